The van der Waals surface area contributed by atoms with E-state index in [2.05, 4.69) is 121 Å². The average molecular weight is 506 g/mol. The molecule has 0 atom stereocenters. The molecule has 1 heteroatoms. The van der Waals surface area contributed by atoms with Crippen LogP contribution in [0.5, 0.6) is 0 Å². The third-order valence-corrected chi connectivity index (χ3v) is 8.76. The Balaban J connectivity index is 1.41. The van der Waals surface area contributed by atoms with Crippen LogP contribution in [0.15, 0.2) is 115 Å². The van der Waals surface area contributed by atoms with Gasteiger partial charge in [-0.25, -0.2) is 0 Å². The number of hydrogen-bond acceptors (Lipinski definition) is 1. The minimum atomic E-state index is 1.00. The van der Waals surface area contributed by atoms with Crippen molar-refractivity contribution < 1.29 is 0 Å². The molecule has 0 fully saturated rings. The van der Waals surface area contributed by atoms with Gasteiger partial charge in [-0.3, -0.25) is 0 Å². The van der Waals surface area contributed by atoms with E-state index < -0.39 is 0 Å². The van der Waals surface area contributed by atoms with Crippen molar-refractivity contribution in [3.63, 3.8) is 0 Å². The highest BCUT2D eigenvalue weighted by molar-refractivity contribution is 5.98. The SMILES string of the molecule is CN(C1=C(c2ccccc2)C=CCC1)c1c(-c2ccc(C3=CCCCC3)cc2)ccc2c1-c1ccccc1C2. The lowest BCUT2D eigenvalue weighted by atomic mass is 9.90. The third-order valence-electron chi connectivity index (χ3n) is 8.76. The Kier molecular flexibility index (Phi) is 6.29. The van der Waals surface area contributed by atoms with Crippen LogP contribution in [0.2, 0.25) is 0 Å². The van der Waals surface area contributed by atoms with E-state index in [1.54, 1.807) is 0 Å². The number of hydrogen-bond donors (Lipinski definition) is 0. The Labute approximate surface area is 232 Å². The van der Waals surface area contributed by atoms with Gasteiger partial charge in [-0.2, -0.15) is 0 Å². The van der Waals surface area contributed by atoms with Crippen molar-refractivity contribution in [2.75, 3.05) is 11.9 Å². The lowest BCUT2D eigenvalue weighted by Gasteiger charge is -2.31. The molecule has 0 spiro atoms. The van der Waals surface area contributed by atoms with E-state index in [1.165, 1.54) is 92.7 Å². The molecule has 0 radical (unpaired) electrons. The lowest BCUT2D eigenvalue weighted by molar-refractivity contribution is 0.742. The molecule has 4 aromatic rings. The summed E-state index contributed by atoms with van der Waals surface area (Å²) in [6.07, 6.45) is 15.2. The van der Waals surface area contributed by atoms with Gasteiger partial charge in [0.1, 0.15) is 0 Å². The molecule has 0 N–H and O–H groups in total. The smallest absolute Gasteiger partial charge is 0.0568 e. The second-order valence-corrected chi connectivity index (χ2v) is 11.1. The summed E-state index contributed by atoms with van der Waals surface area (Å²) in [6.45, 7) is 0. The van der Waals surface area contributed by atoms with Crippen LogP contribution in [0, 0.1) is 0 Å². The van der Waals surface area contributed by atoms with Gasteiger partial charge in [0.25, 0.3) is 0 Å². The minimum Gasteiger partial charge on any atom is -0.347 e. The summed E-state index contributed by atoms with van der Waals surface area (Å²) in [5.41, 5.74) is 16.5. The molecule has 0 saturated carbocycles. The first-order chi connectivity index (χ1) is 19.3. The van der Waals surface area contributed by atoms with Gasteiger partial charge in [0.15, 0.2) is 0 Å². The monoisotopic (exact) mass is 505 g/mol. The zero-order valence-corrected chi connectivity index (χ0v) is 22.8. The highest BCUT2D eigenvalue weighted by atomic mass is 15.1. The number of nitrogens with zero attached hydrogens (tertiary/aromatic N) is 1. The Morgan fingerprint density at radius 3 is 2.23 bits per heavy atom. The number of benzene rings is 4. The van der Waals surface area contributed by atoms with E-state index in [1.807, 2.05) is 0 Å². The van der Waals surface area contributed by atoms with Gasteiger partial charge in [0.05, 0.1) is 5.69 Å². The summed E-state index contributed by atoms with van der Waals surface area (Å²) in [5, 5.41) is 0. The number of fused-ring (bicyclic) bond motifs is 3. The van der Waals surface area contributed by atoms with E-state index >= 15 is 0 Å². The quantitative estimate of drug-likeness (QED) is 0.230. The van der Waals surface area contributed by atoms with E-state index in [-0.39, 0.29) is 0 Å². The molecule has 192 valence electrons. The molecule has 7 rings (SSSR count). The van der Waals surface area contributed by atoms with Crippen molar-refractivity contribution in [1.82, 2.24) is 0 Å². The van der Waals surface area contributed by atoms with Crippen LogP contribution in [0.4, 0.5) is 5.69 Å². The third kappa shape index (κ3) is 4.36. The van der Waals surface area contributed by atoms with Crippen LogP contribution in [0.25, 0.3) is 33.4 Å². The normalized spacial score (nSPS) is 16.1. The fourth-order valence-electron chi connectivity index (χ4n) is 6.77. The molecular weight excluding hydrogens is 470 g/mol. The van der Waals surface area contributed by atoms with Crippen LogP contribution in [-0.4, -0.2) is 7.05 Å². The molecule has 1 nitrogen and oxygen atoms in total. The molecule has 0 aliphatic heterocycles. The molecule has 39 heavy (non-hydrogen) atoms. The Morgan fingerprint density at radius 1 is 0.615 bits per heavy atom. The molecule has 3 aliphatic rings. The summed E-state index contributed by atoms with van der Waals surface area (Å²) in [7, 11) is 2.29. The summed E-state index contributed by atoms with van der Waals surface area (Å²) < 4.78 is 0. The summed E-state index contributed by atoms with van der Waals surface area (Å²) in [5.74, 6) is 0. The van der Waals surface area contributed by atoms with Crippen LogP contribution >= 0.6 is 0 Å². The topological polar surface area (TPSA) is 3.24 Å². The van der Waals surface area contributed by atoms with Crippen molar-refractivity contribution >= 4 is 16.8 Å². The maximum Gasteiger partial charge on any atom is 0.0568 e. The molecule has 0 bridgehead atoms. The summed E-state index contributed by atoms with van der Waals surface area (Å²) in [4.78, 5) is 2.51. The van der Waals surface area contributed by atoms with E-state index in [4.69, 9.17) is 0 Å². The predicted octanol–water partition coefficient (Wildman–Crippen LogP) is 10.1. The van der Waals surface area contributed by atoms with Crippen molar-refractivity contribution in [2.24, 2.45) is 0 Å². The molecule has 0 aromatic heterocycles. The summed E-state index contributed by atoms with van der Waals surface area (Å²) in [6, 6.07) is 34.0. The van der Waals surface area contributed by atoms with Gasteiger partial charge < -0.3 is 4.90 Å². The fourth-order valence-corrected chi connectivity index (χ4v) is 6.77. The van der Waals surface area contributed by atoms with Gasteiger partial charge in [0, 0.05) is 29.4 Å². The van der Waals surface area contributed by atoms with E-state index in [9.17, 15) is 0 Å². The van der Waals surface area contributed by atoms with Crippen LogP contribution < -0.4 is 4.90 Å². The number of allylic oxidation sites excluding steroid dienone is 6. The van der Waals surface area contributed by atoms with Crippen LogP contribution in [0.3, 0.4) is 0 Å². The zero-order valence-electron chi connectivity index (χ0n) is 22.8. The highest BCUT2D eigenvalue weighted by Gasteiger charge is 2.28. The predicted molar refractivity (Wildman–Crippen MR) is 167 cm³/mol. The van der Waals surface area contributed by atoms with Gasteiger partial charge in [-0.1, -0.05) is 109 Å². The molecule has 0 unspecified atom stereocenters. The molecule has 0 saturated heterocycles. The molecular formula is C38H35N. The van der Waals surface area contributed by atoms with Crippen molar-refractivity contribution in [3.8, 4) is 22.3 Å². The minimum absolute atomic E-state index is 1.00. The molecule has 3 aliphatic carbocycles. The van der Waals surface area contributed by atoms with E-state index in [0.29, 0.717) is 0 Å². The molecule has 4 aromatic carbocycles. The van der Waals surface area contributed by atoms with Crippen molar-refractivity contribution in [3.05, 3.63) is 137 Å². The Bertz CT molecular complexity index is 1620. The first-order valence-corrected chi connectivity index (χ1v) is 14.5. The van der Waals surface area contributed by atoms with Gasteiger partial charge >= 0.3 is 0 Å². The van der Waals surface area contributed by atoms with Gasteiger partial charge in [-0.05, 0) is 83.9 Å². The first-order valence-electron chi connectivity index (χ1n) is 14.5. The van der Waals surface area contributed by atoms with Crippen molar-refractivity contribution in [1.29, 1.82) is 0 Å². The zero-order chi connectivity index (χ0) is 26.2. The number of rotatable bonds is 5. The van der Waals surface area contributed by atoms with Gasteiger partial charge in [-0.15, -0.1) is 0 Å². The fraction of sp³-hybridized carbons (Fsp3) is 0.211. The van der Waals surface area contributed by atoms with Gasteiger partial charge in [0.2, 0.25) is 0 Å². The standard InChI is InChI=1S/C38H35N/c1-39(36-19-11-10-17-33(36)29-14-6-3-7-15-29)38-35(25-24-32-26-31-16-8-9-18-34(31)37(32)38)30-22-20-28(21-23-30)27-12-4-2-5-13-27/h3,6-10,12,14-18,20-25H,2,4-5,11,13,19,26H2,1H3. The average Bonchev–Trinajstić information content (AvgIpc) is 3.40. The van der Waals surface area contributed by atoms with E-state index in [0.717, 1.165) is 19.3 Å². The number of anilines is 1. The van der Waals surface area contributed by atoms with Crippen molar-refractivity contribution in [2.45, 2.75) is 44.9 Å². The first kappa shape index (κ1) is 24.0. The van der Waals surface area contributed by atoms with Crippen LogP contribution in [-0.2, 0) is 6.42 Å². The Hall–Kier alpha value is -4.10. The Morgan fingerprint density at radius 2 is 1.41 bits per heavy atom. The summed E-state index contributed by atoms with van der Waals surface area (Å²) >= 11 is 0. The maximum atomic E-state index is 2.51. The lowest BCUT2D eigenvalue weighted by Crippen LogP contribution is -2.21. The largest absolute Gasteiger partial charge is 0.347 e. The molecule has 0 amide bonds. The molecule has 0 heterocycles. The second-order valence-electron chi connectivity index (χ2n) is 11.1. The maximum absolute atomic E-state index is 2.51. The second kappa shape index (κ2) is 10.2. The highest BCUT2D eigenvalue weighted by Crippen LogP contribution is 2.49. The van der Waals surface area contributed by atoms with Crippen LogP contribution in [0.1, 0.15) is 60.8 Å².